The molecule has 28 heavy (non-hydrogen) atoms. The van der Waals surface area contributed by atoms with E-state index in [4.69, 9.17) is 21.6 Å². The van der Waals surface area contributed by atoms with Gasteiger partial charge < -0.3 is 9.80 Å². The molecule has 0 radical (unpaired) electrons. The smallest absolute Gasteiger partial charge is 0.147 e. The van der Waals surface area contributed by atoms with Crippen molar-refractivity contribution in [2.75, 3.05) is 39.1 Å². The molecule has 0 aliphatic heterocycles. The molecule has 1 aromatic heterocycles. The van der Waals surface area contributed by atoms with E-state index in [1.807, 2.05) is 30.5 Å². The van der Waals surface area contributed by atoms with Gasteiger partial charge in [0.25, 0.3) is 0 Å². The first-order chi connectivity index (χ1) is 13.4. The van der Waals surface area contributed by atoms with Gasteiger partial charge in [-0.2, -0.15) is 0 Å². The summed E-state index contributed by atoms with van der Waals surface area (Å²) in [5, 5.41) is 0.713. The molecule has 0 spiro atoms. The van der Waals surface area contributed by atoms with Gasteiger partial charge in [-0.3, -0.25) is 4.98 Å². The van der Waals surface area contributed by atoms with Crippen molar-refractivity contribution in [3.05, 3.63) is 65.3 Å². The summed E-state index contributed by atoms with van der Waals surface area (Å²) >= 11 is 6.09. The molecule has 0 amide bonds. The lowest BCUT2D eigenvalue weighted by Crippen LogP contribution is -2.24. The average Bonchev–Trinajstić information content (AvgIpc) is 2.68. The molecular formula is C23H27ClN4. The third-order valence-electron chi connectivity index (χ3n) is 4.69. The Kier molecular flexibility index (Phi) is 6.65. The van der Waals surface area contributed by atoms with Gasteiger partial charge in [0.1, 0.15) is 5.82 Å². The fraction of sp³-hybridized carbons (Fsp3) is 0.304. The van der Waals surface area contributed by atoms with Crippen molar-refractivity contribution in [2.24, 2.45) is 0 Å². The Bertz CT molecular complexity index is 905. The summed E-state index contributed by atoms with van der Waals surface area (Å²) < 4.78 is 0. The molecule has 3 aromatic rings. The van der Waals surface area contributed by atoms with Crippen molar-refractivity contribution >= 4 is 17.4 Å². The number of aryl methyl sites for hydroxylation is 1. The van der Waals surface area contributed by atoms with E-state index in [9.17, 15) is 0 Å². The van der Waals surface area contributed by atoms with E-state index in [2.05, 4.69) is 62.1 Å². The van der Waals surface area contributed by atoms with Crippen LogP contribution in [0.2, 0.25) is 5.02 Å². The van der Waals surface area contributed by atoms with Crippen LogP contribution in [0.5, 0.6) is 0 Å². The molecule has 0 N–H and O–H groups in total. The Balaban J connectivity index is 1.98. The number of rotatable bonds is 7. The minimum atomic E-state index is 0.713. The van der Waals surface area contributed by atoms with Crippen molar-refractivity contribution in [1.82, 2.24) is 14.9 Å². The Morgan fingerprint density at radius 2 is 1.43 bits per heavy atom. The van der Waals surface area contributed by atoms with Crippen molar-refractivity contribution < 1.29 is 0 Å². The zero-order valence-electron chi connectivity index (χ0n) is 17.0. The van der Waals surface area contributed by atoms with Gasteiger partial charge >= 0.3 is 0 Å². The van der Waals surface area contributed by atoms with Crippen LogP contribution in [0.4, 0.5) is 5.82 Å². The topological polar surface area (TPSA) is 32.3 Å². The average molecular weight is 395 g/mol. The van der Waals surface area contributed by atoms with Gasteiger partial charge in [0.2, 0.25) is 0 Å². The molecule has 0 aliphatic rings. The normalized spacial score (nSPS) is 11.1. The highest BCUT2D eigenvalue weighted by molar-refractivity contribution is 6.30. The van der Waals surface area contributed by atoms with Crippen LogP contribution in [0, 0.1) is 6.92 Å². The molecular weight excluding hydrogens is 368 g/mol. The Morgan fingerprint density at radius 1 is 0.821 bits per heavy atom. The van der Waals surface area contributed by atoms with Crippen LogP contribution in [-0.2, 0) is 0 Å². The van der Waals surface area contributed by atoms with Crippen LogP contribution in [-0.4, -0.2) is 49.1 Å². The van der Waals surface area contributed by atoms with E-state index in [0.717, 1.165) is 47.8 Å². The quantitative estimate of drug-likeness (QED) is 0.554. The van der Waals surface area contributed by atoms with E-state index in [1.165, 1.54) is 5.56 Å². The first-order valence-corrected chi connectivity index (χ1v) is 9.88. The maximum atomic E-state index is 6.09. The number of benzene rings is 2. The zero-order chi connectivity index (χ0) is 20.1. The molecule has 0 unspecified atom stereocenters. The van der Waals surface area contributed by atoms with E-state index in [1.54, 1.807) is 0 Å². The molecule has 2 aromatic carbocycles. The highest BCUT2D eigenvalue weighted by Crippen LogP contribution is 2.31. The maximum Gasteiger partial charge on any atom is 0.147 e. The van der Waals surface area contributed by atoms with Crippen LogP contribution in [0.3, 0.4) is 0 Å². The van der Waals surface area contributed by atoms with Gasteiger partial charge in [-0.25, -0.2) is 4.98 Å². The standard InChI is InChI=1S/C23H27ClN4/c1-17-6-8-18(9-7-17)22-23(19-10-12-20(24)13-11-19)26-21(16-25-22)28(4)15-5-14-27(2)3/h6-13,16H,5,14-15H2,1-4H3. The molecule has 1 heterocycles. The Labute approximate surface area is 172 Å². The largest absolute Gasteiger partial charge is 0.358 e. The van der Waals surface area contributed by atoms with Gasteiger partial charge in [0.05, 0.1) is 17.6 Å². The highest BCUT2D eigenvalue weighted by atomic mass is 35.5. The second-order valence-electron chi connectivity index (χ2n) is 7.38. The van der Waals surface area contributed by atoms with E-state index < -0.39 is 0 Å². The summed E-state index contributed by atoms with van der Waals surface area (Å²) in [6.07, 6.45) is 2.94. The van der Waals surface area contributed by atoms with Gasteiger partial charge in [-0.1, -0.05) is 53.6 Å². The molecule has 0 fully saturated rings. The Hall–Kier alpha value is -2.43. The summed E-state index contributed by atoms with van der Waals surface area (Å²) in [5.74, 6) is 0.875. The number of nitrogens with zero attached hydrogens (tertiary/aromatic N) is 4. The number of anilines is 1. The second-order valence-corrected chi connectivity index (χ2v) is 7.81. The van der Waals surface area contributed by atoms with Crippen molar-refractivity contribution in [3.63, 3.8) is 0 Å². The number of halogens is 1. The number of aromatic nitrogens is 2. The van der Waals surface area contributed by atoms with Crippen molar-refractivity contribution in [2.45, 2.75) is 13.3 Å². The van der Waals surface area contributed by atoms with Crippen LogP contribution >= 0.6 is 11.6 Å². The molecule has 0 saturated heterocycles. The van der Waals surface area contributed by atoms with Gasteiger partial charge in [-0.15, -0.1) is 0 Å². The highest BCUT2D eigenvalue weighted by Gasteiger charge is 2.14. The van der Waals surface area contributed by atoms with E-state index in [0.29, 0.717) is 5.02 Å². The fourth-order valence-electron chi connectivity index (χ4n) is 3.03. The minimum absolute atomic E-state index is 0.713. The fourth-order valence-corrected chi connectivity index (χ4v) is 3.16. The van der Waals surface area contributed by atoms with Crippen LogP contribution < -0.4 is 4.90 Å². The van der Waals surface area contributed by atoms with Gasteiger partial charge in [-0.05, 0) is 46.1 Å². The number of hydrogen-bond acceptors (Lipinski definition) is 4. The Morgan fingerprint density at radius 3 is 2.07 bits per heavy atom. The predicted octanol–water partition coefficient (Wildman–Crippen LogP) is 5.16. The zero-order valence-corrected chi connectivity index (χ0v) is 17.7. The van der Waals surface area contributed by atoms with E-state index in [-0.39, 0.29) is 0 Å². The van der Waals surface area contributed by atoms with Crippen molar-refractivity contribution in [1.29, 1.82) is 0 Å². The SMILES string of the molecule is Cc1ccc(-c2ncc(N(C)CCCN(C)C)nc2-c2ccc(Cl)cc2)cc1. The van der Waals surface area contributed by atoms with Crippen LogP contribution in [0.1, 0.15) is 12.0 Å². The number of hydrogen-bond donors (Lipinski definition) is 0. The molecule has 3 rings (SSSR count). The second kappa shape index (κ2) is 9.18. The van der Waals surface area contributed by atoms with E-state index >= 15 is 0 Å². The van der Waals surface area contributed by atoms with Crippen molar-refractivity contribution in [3.8, 4) is 22.5 Å². The molecule has 0 saturated carbocycles. The van der Waals surface area contributed by atoms with Crippen LogP contribution in [0.15, 0.2) is 54.7 Å². The lowest BCUT2D eigenvalue weighted by Gasteiger charge is -2.21. The lowest BCUT2D eigenvalue weighted by molar-refractivity contribution is 0.401. The molecule has 146 valence electrons. The summed E-state index contributed by atoms with van der Waals surface area (Å²) in [4.78, 5) is 14.1. The molecule has 0 aliphatic carbocycles. The predicted molar refractivity (Wildman–Crippen MR) is 119 cm³/mol. The molecule has 4 nitrogen and oxygen atoms in total. The third kappa shape index (κ3) is 5.09. The third-order valence-corrected chi connectivity index (χ3v) is 4.94. The lowest BCUT2D eigenvalue weighted by atomic mass is 10.0. The first-order valence-electron chi connectivity index (χ1n) is 9.50. The monoisotopic (exact) mass is 394 g/mol. The summed E-state index contributed by atoms with van der Waals surface area (Å²) in [6, 6.07) is 16.2. The maximum absolute atomic E-state index is 6.09. The van der Waals surface area contributed by atoms with Crippen LogP contribution in [0.25, 0.3) is 22.5 Å². The molecule has 5 heteroatoms. The summed E-state index contributed by atoms with van der Waals surface area (Å²) in [7, 11) is 6.25. The summed E-state index contributed by atoms with van der Waals surface area (Å²) in [5.41, 5.74) is 5.05. The molecule has 0 atom stereocenters. The van der Waals surface area contributed by atoms with Gasteiger partial charge in [0.15, 0.2) is 0 Å². The molecule has 0 bridgehead atoms. The minimum Gasteiger partial charge on any atom is -0.358 e. The van der Waals surface area contributed by atoms with Gasteiger partial charge in [0, 0.05) is 29.7 Å². The summed E-state index contributed by atoms with van der Waals surface area (Å²) in [6.45, 7) is 4.06. The first kappa shape index (κ1) is 20.3.